The zero-order valence-electron chi connectivity index (χ0n) is 31.7. The van der Waals surface area contributed by atoms with Gasteiger partial charge in [0.05, 0.1) is 39.5 Å². The highest BCUT2D eigenvalue weighted by molar-refractivity contribution is 6.32. The number of piperidine rings is 1. The summed E-state index contributed by atoms with van der Waals surface area (Å²) in [5, 5.41) is 21.4. The van der Waals surface area contributed by atoms with Crippen LogP contribution in [0.2, 0.25) is 5.02 Å². The van der Waals surface area contributed by atoms with Gasteiger partial charge in [0.1, 0.15) is 30.1 Å². The molecule has 17 heteroatoms. The van der Waals surface area contributed by atoms with Crippen molar-refractivity contribution in [3.63, 3.8) is 0 Å². The van der Waals surface area contributed by atoms with Crippen LogP contribution in [0, 0.1) is 22.7 Å². The molecule has 2 aromatic carbocycles. The fourth-order valence-electron chi connectivity index (χ4n) is 9.20. The van der Waals surface area contributed by atoms with E-state index in [1.165, 1.54) is 12.4 Å². The summed E-state index contributed by atoms with van der Waals surface area (Å²) in [6.07, 6.45) is 7.34. The minimum Gasteiger partial charge on any atom is -0.382 e. The van der Waals surface area contributed by atoms with E-state index in [1.807, 2.05) is 6.07 Å². The largest absolute Gasteiger partial charge is 0.382 e. The number of nitriles is 1. The maximum absolute atomic E-state index is 15.3. The number of carbonyl (C=O) groups excluding carboxylic acids is 5. The first kappa shape index (κ1) is 38.1. The van der Waals surface area contributed by atoms with Crippen molar-refractivity contribution in [1.82, 2.24) is 30.5 Å². The molecule has 2 saturated carbocycles. The van der Waals surface area contributed by atoms with Crippen LogP contribution in [0.25, 0.3) is 0 Å². The molecule has 1 saturated heterocycles. The van der Waals surface area contributed by atoms with Gasteiger partial charge >= 0.3 is 0 Å². The lowest BCUT2D eigenvalue weighted by Crippen LogP contribution is -2.54. The number of hydrogen-bond acceptors (Lipinski definition) is 12. The minimum atomic E-state index is -1.01. The zero-order chi connectivity index (χ0) is 41.0. The molecule has 3 fully saturated rings. The van der Waals surface area contributed by atoms with Gasteiger partial charge in [-0.2, -0.15) is 9.65 Å². The van der Waals surface area contributed by atoms with Gasteiger partial charge in [0.2, 0.25) is 17.8 Å². The van der Waals surface area contributed by atoms with Crippen LogP contribution in [0.5, 0.6) is 0 Å². The Hall–Kier alpha value is -6.47. The lowest BCUT2D eigenvalue weighted by molar-refractivity contribution is -0.136. The third-order valence-corrected chi connectivity index (χ3v) is 12.6. The second-order valence-corrected chi connectivity index (χ2v) is 16.4. The van der Waals surface area contributed by atoms with Gasteiger partial charge in [-0.05, 0) is 105 Å². The van der Waals surface area contributed by atoms with Crippen LogP contribution >= 0.6 is 11.6 Å². The molecule has 3 aliphatic heterocycles. The van der Waals surface area contributed by atoms with Crippen LogP contribution in [-0.4, -0.2) is 74.1 Å². The number of anilines is 4. The number of nitrogens with zero attached hydrogens (tertiary/aromatic N) is 6. The first-order chi connectivity index (χ1) is 28.5. The molecule has 2 aliphatic carbocycles. The number of pyridine rings is 1. The number of halogens is 2. The lowest BCUT2D eigenvalue weighted by Gasteiger charge is -2.52. The van der Waals surface area contributed by atoms with Gasteiger partial charge in [-0.1, -0.05) is 11.6 Å². The molecular formula is C42H38ClFN10O5. The predicted octanol–water partition coefficient (Wildman–Crippen LogP) is 5.18. The number of hydrogen-bond donors (Lipinski definition) is 4. The highest BCUT2D eigenvalue weighted by atomic mass is 35.5. The summed E-state index contributed by atoms with van der Waals surface area (Å²) in [5.41, 5.74) is 4.13. The van der Waals surface area contributed by atoms with Crippen molar-refractivity contribution in [2.45, 2.75) is 82.5 Å². The molecule has 2 aromatic heterocycles. The maximum atomic E-state index is 15.3. The lowest BCUT2D eigenvalue weighted by atomic mass is 9.57. The van der Waals surface area contributed by atoms with Gasteiger partial charge in [0, 0.05) is 42.0 Å². The van der Waals surface area contributed by atoms with E-state index in [9.17, 15) is 29.2 Å². The molecule has 4 aromatic rings. The first-order valence-corrected chi connectivity index (χ1v) is 20.0. The predicted molar refractivity (Wildman–Crippen MR) is 212 cm³/mol. The van der Waals surface area contributed by atoms with E-state index < -0.39 is 41.5 Å². The molecule has 5 amide bonds. The fraction of sp³-hybridized carbons (Fsp3) is 0.357. The highest BCUT2D eigenvalue weighted by Gasteiger charge is 2.47. The fourth-order valence-corrected chi connectivity index (χ4v) is 9.42. The summed E-state index contributed by atoms with van der Waals surface area (Å²) in [4.78, 5) is 79.5. The second-order valence-electron chi connectivity index (χ2n) is 16.0. The number of carbonyl (C=O) groups is 5. The SMILES string of the molecule is N#Cc1ccc(N2CCc3c(ncnc3Nc3ccc(C(=O)NC4CCC5(CC4)CC(Nc4ccc6c(c4)C(=O)N(C4CCC(=O)NC4=O)C6=O)C5)c(F)n3)C2)cc1Cl. The summed E-state index contributed by atoms with van der Waals surface area (Å²) in [7, 11) is 0. The summed E-state index contributed by atoms with van der Waals surface area (Å²) in [6, 6.07) is 14.4. The van der Waals surface area contributed by atoms with Crippen molar-refractivity contribution in [2.24, 2.45) is 5.41 Å². The number of fused-ring (bicyclic) bond motifs is 2. The van der Waals surface area contributed by atoms with Gasteiger partial charge in [-0.15, -0.1) is 0 Å². The molecule has 59 heavy (non-hydrogen) atoms. The van der Waals surface area contributed by atoms with E-state index >= 15 is 4.39 Å². The Balaban J connectivity index is 0.756. The van der Waals surface area contributed by atoms with E-state index in [-0.39, 0.29) is 52.8 Å². The standard InChI is InChI=1S/C42H38ClFN10O5/c43-31-16-26(3-1-22(31)19-45)53-14-11-28-32(20-53)46-21-47-37(28)51-34-7-5-29(36(44)50-34)38(56)49-23-9-12-42(13-10-23)17-25(18-42)48-24-2-4-27-30(15-24)41(59)54(40(27)58)33-6-8-35(55)52-39(33)57/h1-5,7,15-16,21,23,25,33,48H,6,8-14,17-18,20H2,(H,49,56)(H,52,55,57)(H,46,47,50,51). The van der Waals surface area contributed by atoms with Crippen molar-refractivity contribution in [3.8, 4) is 6.07 Å². The average Bonchev–Trinajstić information content (AvgIpc) is 3.45. The van der Waals surface area contributed by atoms with Crippen LogP contribution in [0.1, 0.15) is 99.3 Å². The van der Waals surface area contributed by atoms with Gasteiger partial charge in [0.25, 0.3) is 17.7 Å². The zero-order valence-corrected chi connectivity index (χ0v) is 32.4. The van der Waals surface area contributed by atoms with Gasteiger partial charge in [-0.3, -0.25) is 34.2 Å². The Kier molecular flexibility index (Phi) is 9.70. The third kappa shape index (κ3) is 7.20. The molecule has 1 spiro atoms. The molecule has 0 radical (unpaired) electrons. The highest BCUT2D eigenvalue weighted by Crippen LogP contribution is 2.52. The minimum absolute atomic E-state index is 0.0610. The number of aromatic nitrogens is 3. The van der Waals surface area contributed by atoms with E-state index in [1.54, 1.807) is 36.4 Å². The molecule has 9 rings (SSSR count). The number of rotatable bonds is 8. The number of nitrogens with one attached hydrogen (secondary N) is 4. The third-order valence-electron chi connectivity index (χ3n) is 12.3. The Labute approximate surface area is 342 Å². The summed E-state index contributed by atoms with van der Waals surface area (Å²) in [6.45, 7) is 1.14. The van der Waals surface area contributed by atoms with Crippen LogP contribution < -0.4 is 26.2 Å². The second kappa shape index (κ2) is 15.0. The summed E-state index contributed by atoms with van der Waals surface area (Å²) >= 11 is 6.26. The van der Waals surface area contributed by atoms with E-state index in [2.05, 4.69) is 47.2 Å². The molecule has 4 N–H and O–H groups in total. The molecule has 5 aliphatic rings. The number of benzene rings is 2. The van der Waals surface area contributed by atoms with Gasteiger partial charge in [-0.25, -0.2) is 15.0 Å². The van der Waals surface area contributed by atoms with Crippen molar-refractivity contribution in [1.29, 1.82) is 5.26 Å². The number of amides is 5. The van der Waals surface area contributed by atoms with E-state index in [0.717, 1.165) is 60.4 Å². The van der Waals surface area contributed by atoms with Crippen molar-refractivity contribution in [3.05, 3.63) is 99.3 Å². The summed E-state index contributed by atoms with van der Waals surface area (Å²) in [5.74, 6) is -2.82. The molecule has 1 unspecified atom stereocenters. The molecule has 15 nitrogen and oxygen atoms in total. The van der Waals surface area contributed by atoms with Gasteiger partial charge in [0.15, 0.2) is 0 Å². The van der Waals surface area contributed by atoms with Crippen LogP contribution in [-0.2, 0) is 22.6 Å². The smallest absolute Gasteiger partial charge is 0.262 e. The topological polar surface area (TPSA) is 202 Å². The first-order valence-electron chi connectivity index (χ1n) is 19.6. The Morgan fingerprint density at radius 2 is 1.75 bits per heavy atom. The normalized spacial score (nSPS) is 23.5. The Morgan fingerprint density at radius 3 is 2.49 bits per heavy atom. The number of imide groups is 2. The molecule has 1 atom stereocenters. The molecule has 300 valence electrons. The molecule has 0 bridgehead atoms. The molecular weight excluding hydrogens is 779 g/mol. The molecule has 5 heterocycles. The summed E-state index contributed by atoms with van der Waals surface area (Å²) < 4.78 is 15.3. The quantitative estimate of drug-likeness (QED) is 0.134. The monoisotopic (exact) mass is 816 g/mol. The average molecular weight is 817 g/mol. The van der Waals surface area contributed by atoms with Crippen molar-refractivity contribution in [2.75, 3.05) is 22.1 Å². The Morgan fingerprint density at radius 1 is 0.949 bits per heavy atom. The van der Waals surface area contributed by atoms with E-state index in [0.29, 0.717) is 41.6 Å². The van der Waals surface area contributed by atoms with Crippen LogP contribution in [0.3, 0.4) is 0 Å². The van der Waals surface area contributed by atoms with Crippen molar-refractivity contribution < 1.29 is 28.4 Å². The van der Waals surface area contributed by atoms with Gasteiger partial charge < -0.3 is 20.9 Å². The van der Waals surface area contributed by atoms with Crippen LogP contribution in [0.15, 0.2) is 54.9 Å². The van der Waals surface area contributed by atoms with E-state index in [4.69, 9.17) is 11.6 Å². The Bertz CT molecular complexity index is 2490. The maximum Gasteiger partial charge on any atom is 0.262 e. The van der Waals surface area contributed by atoms with Crippen LogP contribution in [0.4, 0.5) is 27.4 Å². The van der Waals surface area contributed by atoms with Crippen molar-refractivity contribution >= 4 is 64.1 Å².